The average molecular weight is 461 g/mol. The van der Waals surface area contributed by atoms with Crippen molar-refractivity contribution in [3.05, 3.63) is 92.9 Å². The first-order valence-electron chi connectivity index (χ1n) is 9.09. The number of halogens is 2. The first kappa shape index (κ1) is 20.7. The van der Waals surface area contributed by atoms with Crippen LogP contribution in [-0.2, 0) is 13.2 Å². The minimum atomic E-state index is 0.254. The van der Waals surface area contributed by atoms with E-state index in [0.717, 1.165) is 22.1 Å². The summed E-state index contributed by atoms with van der Waals surface area (Å²) < 4.78 is 12.4. The fourth-order valence-electron chi connectivity index (χ4n) is 2.93. The number of nitrogens with one attached hydrogen (secondary N) is 1. The third-order valence-electron chi connectivity index (χ3n) is 4.47. The third-order valence-corrected chi connectivity index (χ3v) is 5.30. The van der Waals surface area contributed by atoms with Crippen molar-refractivity contribution < 1.29 is 9.47 Å². The van der Waals surface area contributed by atoms with E-state index in [2.05, 4.69) is 58.5 Å². The van der Waals surface area contributed by atoms with Gasteiger partial charge in [-0.15, -0.1) is 0 Å². The number of hydrogen-bond donors (Lipinski definition) is 1. The van der Waals surface area contributed by atoms with Crippen LogP contribution in [0.4, 0.5) is 0 Å². The molecule has 0 aromatic heterocycles. The maximum Gasteiger partial charge on any atom is 0.175 e. The van der Waals surface area contributed by atoms with Crippen LogP contribution in [0.25, 0.3) is 0 Å². The Morgan fingerprint density at radius 3 is 2.50 bits per heavy atom. The Kier molecular flexibility index (Phi) is 7.37. The van der Waals surface area contributed by atoms with Gasteiger partial charge in [-0.25, -0.2) is 0 Å². The van der Waals surface area contributed by atoms with Crippen molar-refractivity contribution in [1.82, 2.24) is 5.32 Å². The molecule has 3 nitrogen and oxygen atoms in total. The molecule has 0 radical (unpaired) electrons. The van der Waals surface area contributed by atoms with Crippen LogP contribution >= 0.6 is 27.5 Å². The van der Waals surface area contributed by atoms with Crippen LogP contribution in [0.1, 0.15) is 29.7 Å². The Morgan fingerprint density at radius 2 is 1.79 bits per heavy atom. The fraction of sp³-hybridized carbons (Fsp3) is 0.217. The van der Waals surface area contributed by atoms with Crippen molar-refractivity contribution in [2.24, 2.45) is 0 Å². The topological polar surface area (TPSA) is 30.5 Å². The SMILES string of the molecule is COc1cc(CNC(C)c2ccccc2)cc(Br)c1OCc1cccc(Cl)c1. The Bertz CT molecular complexity index is 918. The van der Waals surface area contributed by atoms with Gasteiger partial charge in [0, 0.05) is 17.6 Å². The van der Waals surface area contributed by atoms with Gasteiger partial charge in [0.1, 0.15) is 6.61 Å². The van der Waals surface area contributed by atoms with Crippen molar-refractivity contribution in [3.8, 4) is 11.5 Å². The standard InChI is InChI=1S/C23H23BrClNO2/c1-16(19-8-4-3-5-9-19)26-14-18-12-21(24)23(22(13-18)27-2)28-15-17-7-6-10-20(25)11-17/h3-13,16,26H,14-15H2,1-2H3. The van der Waals surface area contributed by atoms with Crippen LogP contribution in [0.2, 0.25) is 5.02 Å². The Morgan fingerprint density at radius 1 is 1.00 bits per heavy atom. The Balaban J connectivity index is 1.68. The molecule has 0 aliphatic rings. The molecule has 1 atom stereocenters. The van der Waals surface area contributed by atoms with Gasteiger partial charge in [0.2, 0.25) is 0 Å². The van der Waals surface area contributed by atoms with E-state index in [0.29, 0.717) is 23.1 Å². The molecule has 0 saturated carbocycles. The summed E-state index contributed by atoms with van der Waals surface area (Å²) in [5.74, 6) is 1.38. The average Bonchev–Trinajstić information content (AvgIpc) is 2.71. The molecule has 146 valence electrons. The van der Waals surface area contributed by atoms with Crippen LogP contribution in [0.5, 0.6) is 11.5 Å². The van der Waals surface area contributed by atoms with Crippen LogP contribution < -0.4 is 14.8 Å². The Hall–Kier alpha value is -2.01. The molecular formula is C23H23BrClNO2. The summed E-state index contributed by atoms with van der Waals surface area (Å²) in [6.45, 7) is 3.29. The molecule has 0 spiro atoms. The van der Waals surface area contributed by atoms with Gasteiger partial charge >= 0.3 is 0 Å². The minimum Gasteiger partial charge on any atom is -0.493 e. The number of methoxy groups -OCH3 is 1. The molecule has 3 rings (SSSR count). The highest BCUT2D eigenvalue weighted by atomic mass is 79.9. The maximum atomic E-state index is 6.05. The summed E-state index contributed by atoms with van der Waals surface area (Å²) in [6.07, 6.45) is 0. The second kappa shape index (κ2) is 9.97. The van der Waals surface area contributed by atoms with E-state index >= 15 is 0 Å². The van der Waals surface area contributed by atoms with Gasteiger partial charge in [-0.05, 0) is 63.8 Å². The van der Waals surface area contributed by atoms with Crippen LogP contribution in [0.3, 0.4) is 0 Å². The summed E-state index contributed by atoms with van der Waals surface area (Å²) in [6, 6.07) is 22.3. The normalized spacial score (nSPS) is 11.9. The predicted molar refractivity (Wildman–Crippen MR) is 118 cm³/mol. The van der Waals surface area contributed by atoms with Crippen LogP contribution in [0, 0.1) is 0 Å². The number of benzene rings is 3. The number of rotatable bonds is 8. The lowest BCUT2D eigenvalue weighted by Crippen LogP contribution is -2.18. The lowest BCUT2D eigenvalue weighted by molar-refractivity contribution is 0.282. The molecule has 28 heavy (non-hydrogen) atoms. The van der Waals surface area contributed by atoms with E-state index in [1.165, 1.54) is 5.56 Å². The van der Waals surface area contributed by atoms with Gasteiger partial charge in [-0.2, -0.15) is 0 Å². The molecule has 1 unspecified atom stereocenters. The zero-order chi connectivity index (χ0) is 19.9. The fourth-order valence-corrected chi connectivity index (χ4v) is 3.74. The Labute approximate surface area is 179 Å². The molecule has 0 amide bonds. The molecule has 3 aromatic rings. The molecule has 0 aliphatic carbocycles. The van der Waals surface area contributed by atoms with E-state index in [-0.39, 0.29) is 6.04 Å². The predicted octanol–water partition coefficient (Wildman–Crippen LogP) is 6.54. The van der Waals surface area contributed by atoms with Gasteiger partial charge in [-0.3, -0.25) is 0 Å². The quantitative estimate of drug-likeness (QED) is 0.414. The third kappa shape index (κ3) is 5.51. The summed E-state index contributed by atoms with van der Waals surface area (Å²) in [5.41, 5.74) is 3.38. The van der Waals surface area contributed by atoms with Crippen LogP contribution in [0.15, 0.2) is 71.2 Å². The number of hydrogen-bond acceptors (Lipinski definition) is 3. The maximum absolute atomic E-state index is 6.05. The first-order valence-corrected chi connectivity index (χ1v) is 10.3. The summed E-state index contributed by atoms with van der Waals surface area (Å²) in [4.78, 5) is 0. The van der Waals surface area contributed by atoms with Gasteiger partial charge in [-0.1, -0.05) is 54.1 Å². The molecule has 1 N–H and O–H groups in total. The lowest BCUT2D eigenvalue weighted by atomic mass is 10.1. The number of ether oxygens (including phenoxy) is 2. The van der Waals surface area contributed by atoms with Gasteiger partial charge in [0.15, 0.2) is 11.5 Å². The molecule has 0 aliphatic heterocycles. The molecule has 0 fully saturated rings. The zero-order valence-corrected chi connectivity index (χ0v) is 18.3. The van der Waals surface area contributed by atoms with E-state index < -0.39 is 0 Å². The van der Waals surface area contributed by atoms with Crippen molar-refractivity contribution in [1.29, 1.82) is 0 Å². The highest BCUT2D eigenvalue weighted by Crippen LogP contribution is 2.37. The van der Waals surface area contributed by atoms with E-state index in [4.69, 9.17) is 21.1 Å². The lowest BCUT2D eigenvalue weighted by Gasteiger charge is -2.17. The summed E-state index contributed by atoms with van der Waals surface area (Å²) in [7, 11) is 1.65. The highest BCUT2D eigenvalue weighted by molar-refractivity contribution is 9.10. The zero-order valence-electron chi connectivity index (χ0n) is 15.9. The van der Waals surface area contributed by atoms with Gasteiger partial charge in [0.25, 0.3) is 0 Å². The highest BCUT2D eigenvalue weighted by Gasteiger charge is 2.13. The van der Waals surface area contributed by atoms with Gasteiger partial charge < -0.3 is 14.8 Å². The van der Waals surface area contributed by atoms with Crippen LogP contribution in [-0.4, -0.2) is 7.11 Å². The largest absolute Gasteiger partial charge is 0.493 e. The van der Waals surface area contributed by atoms with Crippen molar-refractivity contribution in [2.45, 2.75) is 26.1 Å². The van der Waals surface area contributed by atoms with E-state index in [1.807, 2.05) is 36.4 Å². The summed E-state index contributed by atoms with van der Waals surface area (Å²) in [5, 5.41) is 4.24. The monoisotopic (exact) mass is 459 g/mol. The molecular weight excluding hydrogens is 438 g/mol. The van der Waals surface area contributed by atoms with Gasteiger partial charge in [0.05, 0.1) is 11.6 Å². The van der Waals surface area contributed by atoms with Crippen molar-refractivity contribution in [3.63, 3.8) is 0 Å². The first-order chi connectivity index (χ1) is 13.6. The summed E-state index contributed by atoms with van der Waals surface area (Å²) >= 11 is 9.67. The smallest absolute Gasteiger partial charge is 0.175 e. The van der Waals surface area contributed by atoms with Crippen molar-refractivity contribution >= 4 is 27.5 Å². The molecule has 0 heterocycles. The second-order valence-electron chi connectivity index (χ2n) is 6.54. The van der Waals surface area contributed by atoms with E-state index in [1.54, 1.807) is 7.11 Å². The molecule has 0 bridgehead atoms. The molecule has 0 saturated heterocycles. The second-order valence-corrected chi connectivity index (χ2v) is 7.83. The molecule has 5 heteroatoms. The minimum absolute atomic E-state index is 0.254. The van der Waals surface area contributed by atoms with E-state index in [9.17, 15) is 0 Å². The van der Waals surface area contributed by atoms with Crippen molar-refractivity contribution in [2.75, 3.05) is 7.11 Å². The molecule has 3 aromatic carbocycles.